The number of cyclic esters (lactones) is 2. The number of hydrogen-bond donors (Lipinski definition) is 0. The van der Waals surface area contributed by atoms with Gasteiger partial charge in [-0.15, -0.1) is 0 Å². The Morgan fingerprint density at radius 2 is 1.19 bits per heavy atom. The fourth-order valence-electron chi connectivity index (χ4n) is 3.84. The van der Waals surface area contributed by atoms with Gasteiger partial charge in [0.2, 0.25) is 0 Å². The van der Waals surface area contributed by atoms with Crippen molar-refractivity contribution >= 4 is 17.7 Å². The van der Waals surface area contributed by atoms with Crippen LogP contribution in [0.4, 0.5) is 0 Å². The summed E-state index contributed by atoms with van der Waals surface area (Å²) in [4.78, 5) is 34.9. The number of carbonyl (C=O) groups excluding carboxylic acids is 3. The predicted molar refractivity (Wildman–Crippen MR) is 98.4 cm³/mol. The van der Waals surface area contributed by atoms with Crippen LogP contribution in [0.3, 0.4) is 0 Å². The lowest BCUT2D eigenvalue weighted by atomic mass is 9.73. The largest absolute Gasteiger partial charge is 0.464 e. The van der Waals surface area contributed by atoms with Crippen molar-refractivity contribution < 1.29 is 23.9 Å². The van der Waals surface area contributed by atoms with Gasteiger partial charge in [0.1, 0.15) is 19.0 Å². The second-order valence-corrected chi connectivity index (χ2v) is 9.30. The van der Waals surface area contributed by atoms with E-state index >= 15 is 0 Å². The minimum atomic E-state index is -0.0795. The molecule has 5 nitrogen and oxygen atoms in total. The average molecular weight is 366 g/mol. The predicted octanol–water partition coefficient (Wildman–Crippen LogP) is 4.07. The highest BCUT2D eigenvalue weighted by atomic mass is 16.6. The molecule has 2 aliphatic rings. The van der Waals surface area contributed by atoms with Gasteiger partial charge in [-0.05, 0) is 36.5 Å². The Balaban J connectivity index is 1.52. The highest BCUT2D eigenvalue weighted by molar-refractivity contribution is 5.79. The van der Waals surface area contributed by atoms with Gasteiger partial charge in [0.25, 0.3) is 0 Å². The standard InChI is InChI=1S/C21H34O5/c1-20(2,16-13-25-18(16)23)11-7-5-9-15(22)10-6-8-12-21(3,4)17-14-26-19(17)24/h16-17H,5-14H2,1-4H3. The minimum Gasteiger partial charge on any atom is -0.464 e. The fourth-order valence-corrected chi connectivity index (χ4v) is 3.84. The molecule has 0 spiro atoms. The van der Waals surface area contributed by atoms with Crippen molar-refractivity contribution in [3.05, 3.63) is 0 Å². The third kappa shape index (κ3) is 5.31. The summed E-state index contributed by atoms with van der Waals surface area (Å²) in [5, 5.41) is 0. The molecular formula is C21H34O5. The van der Waals surface area contributed by atoms with Crippen LogP contribution in [0.5, 0.6) is 0 Å². The lowest BCUT2D eigenvalue weighted by Gasteiger charge is -2.38. The maximum absolute atomic E-state index is 12.1. The number of carbonyl (C=O) groups is 3. The Bertz CT molecular complexity index is 489. The third-order valence-corrected chi connectivity index (χ3v) is 6.29. The van der Waals surface area contributed by atoms with Gasteiger partial charge in [-0.3, -0.25) is 14.4 Å². The van der Waals surface area contributed by atoms with Gasteiger partial charge in [-0.2, -0.15) is 0 Å². The zero-order valence-corrected chi connectivity index (χ0v) is 16.8. The van der Waals surface area contributed by atoms with Crippen LogP contribution in [0.2, 0.25) is 0 Å². The van der Waals surface area contributed by atoms with Crippen molar-refractivity contribution in [2.45, 2.75) is 79.1 Å². The molecule has 0 saturated carbocycles. The molecule has 2 fully saturated rings. The van der Waals surface area contributed by atoms with Crippen LogP contribution in [0.15, 0.2) is 0 Å². The molecular weight excluding hydrogens is 332 g/mol. The molecule has 2 saturated heterocycles. The Labute approximate surface area is 157 Å². The summed E-state index contributed by atoms with van der Waals surface area (Å²) in [7, 11) is 0. The van der Waals surface area contributed by atoms with Crippen LogP contribution in [0.25, 0.3) is 0 Å². The Kier molecular flexibility index (Phi) is 6.86. The van der Waals surface area contributed by atoms with E-state index in [1.165, 1.54) is 0 Å². The molecule has 0 bridgehead atoms. The number of unbranched alkanes of at least 4 members (excludes halogenated alkanes) is 2. The lowest BCUT2D eigenvalue weighted by Crippen LogP contribution is -2.44. The SMILES string of the molecule is CC(C)(CCCCC(=O)CCCCC(C)(C)C1COC1=O)C1COC1=O. The zero-order valence-electron chi connectivity index (χ0n) is 16.8. The van der Waals surface area contributed by atoms with Crippen molar-refractivity contribution in [3.8, 4) is 0 Å². The summed E-state index contributed by atoms with van der Waals surface area (Å²) < 4.78 is 9.73. The molecule has 2 heterocycles. The van der Waals surface area contributed by atoms with Crippen LogP contribution >= 0.6 is 0 Å². The topological polar surface area (TPSA) is 69.7 Å². The van der Waals surface area contributed by atoms with Gasteiger partial charge in [-0.25, -0.2) is 0 Å². The van der Waals surface area contributed by atoms with Crippen LogP contribution in [0, 0.1) is 22.7 Å². The second-order valence-electron chi connectivity index (χ2n) is 9.30. The molecule has 0 radical (unpaired) electrons. The van der Waals surface area contributed by atoms with Gasteiger partial charge < -0.3 is 9.47 Å². The van der Waals surface area contributed by atoms with E-state index in [1.807, 2.05) is 0 Å². The van der Waals surface area contributed by atoms with Crippen molar-refractivity contribution in [1.29, 1.82) is 0 Å². The molecule has 0 aromatic heterocycles. The fraction of sp³-hybridized carbons (Fsp3) is 0.857. The third-order valence-electron chi connectivity index (χ3n) is 6.29. The molecule has 148 valence electrons. The van der Waals surface area contributed by atoms with Gasteiger partial charge in [-0.1, -0.05) is 40.5 Å². The molecule has 0 aromatic rings. The van der Waals surface area contributed by atoms with Crippen molar-refractivity contribution in [2.24, 2.45) is 22.7 Å². The van der Waals surface area contributed by atoms with Crippen molar-refractivity contribution in [2.75, 3.05) is 13.2 Å². The Hall–Kier alpha value is -1.39. The first-order valence-electron chi connectivity index (χ1n) is 9.98. The normalized spacial score (nSPS) is 22.9. The second kappa shape index (κ2) is 8.53. The molecule has 0 amide bonds. The maximum atomic E-state index is 12.1. The summed E-state index contributed by atoms with van der Waals surface area (Å²) in [5.41, 5.74) is -0.0702. The van der Waals surface area contributed by atoms with Gasteiger partial charge >= 0.3 is 11.9 Å². The number of esters is 2. The number of ketones is 1. The summed E-state index contributed by atoms with van der Waals surface area (Å²) in [6.45, 7) is 9.53. The van der Waals surface area contributed by atoms with Crippen LogP contribution in [-0.2, 0) is 23.9 Å². The molecule has 26 heavy (non-hydrogen) atoms. The summed E-state index contributed by atoms with van der Waals surface area (Å²) in [5.74, 6) is 0.212. The number of ether oxygens (including phenoxy) is 2. The van der Waals surface area contributed by atoms with E-state index in [2.05, 4.69) is 27.7 Å². The summed E-state index contributed by atoms with van der Waals surface area (Å²) >= 11 is 0. The monoisotopic (exact) mass is 366 g/mol. The van der Waals surface area contributed by atoms with Gasteiger partial charge in [0.15, 0.2) is 0 Å². The highest BCUT2D eigenvalue weighted by Crippen LogP contribution is 2.39. The first kappa shape index (κ1) is 20.9. The van der Waals surface area contributed by atoms with Crippen LogP contribution in [-0.4, -0.2) is 30.9 Å². The molecule has 2 unspecified atom stereocenters. The summed E-state index contributed by atoms with van der Waals surface area (Å²) in [6, 6.07) is 0. The molecule has 0 N–H and O–H groups in total. The van der Waals surface area contributed by atoms with Crippen molar-refractivity contribution in [1.82, 2.24) is 0 Å². The maximum Gasteiger partial charge on any atom is 0.312 e. The molecule has 2 atom stereocenters. The van der Waals surface area contributed by atoms with Gasteiger partial charge in [0.05, 0.1) is 11.8 Å². The number of Topliss-reactive ketones (excluding diaryl/α,β-unsaturated/α-hetero) is 1. The Morgan fingerprint density at radius 1 is 0.808 bits per heavy atom. The van der Waals surface area contributed by atoms with Crippen molar-refractivity contribution in [3.63, 3.8) is 0 Å². The molecule has 0 aromatic carbocycles. The van der Waals surface area contributed by atoms with E-state index in [1.54, 1.807) is 0 Å². The molecule has 5 heteroatoms. The average Bonchev–Trinajstić information content (AvgIpc) is 2.51. The first-order chi connectivity index (χ1) is 12.1. The first-order valence-corrected chi connectivity index (χ1v) is 9.98. The van der Waals surface area contributed by atoms with Crippen LogP contribution < -0.4 is 0 Å². The lowest BCUT2D eigenvalue weighted by molar-refractivity contribution is -0.179. The van der Waals surface area contributed by atoms with E-state index in [0.717, 1.165) is 38.5 Å². The van der Waals surface area contributed by atoms with E-state index < -0.39 is 0 Å². The highest BCUT2D eigenvalue weighted by Gasteiger charge is 2.43. The number of rotatable bonds is 12. The van der Waals surface area contributed by atoms with E-state index in [9.17, 15) is 14.4 Å². The minimum absolute atomic E-state index is 0.0227. The van der Waals surface area contributed by atoms with E-state index in [-0.39, 0.29) is 34.6 Å². The van der Waals surface area contributed by atoms with Gasteiger partial charge in [0, 0.05) is 12.8 Å². The number of hydrogen-bond acceptors (Lipinski definition) is 5. The van der Waals surface area contributed by atoms with E-state index in [4.69, 9.17) is 9.47 Å². The quantitative estimate of drug-likeness (QED) is 0.384. The molecule has 0 aliphatic carbocycles. The van der Waals surface area contributed by atoms with E-state index in [0.29, 0.717) is 31.8 Å². The Morgan fingerprint density at radius 3 is 1.46 bits per heavy atom. The molecule has 2 aliphatic heterocycles. The zero-order chi connectivity index (χ0) is 19.4. The summed E-state index contributed by atoms with van der Waals surface area (Å²) in [6.07, 6.45) is 6.89. The van der Waals surface area contributed by atoms with Crippen LogP contribution in [0.1, 0.15) is 79.1 Å². The smallest absolute Gasteiger partial charge is 0.312 e. The molecule has 2 rings (SSSR count).